The first-order valence-electron chi connectivity index (χ1n) is 10.1. The van der Waals surface area contributed by atoms with Crippen molar-refractivity contribution in [1.82, 2.24) is 4.98 Å². The number of carbonyl (C=O) groups is 1. The first-order valence-corrected chi connectivity index (χ1v) is 10.1. The first-order chi connectivity index (χ1) is 14.6. The van der Waals surface area contributed by atoms with Crippen LogP contribution in [0.5, 0.6) is 5.75 Å². The second kappa shape index (κ2) is 8.71. The Morgan fingerprint density at radius 2 is 1.93 bits per heavy atom. The molecule has 6 nitrogen and oxygen atoms in total. The molecule has 1 aliphatic heterocycles. The SMILES string of the molecule is COCC1c2c([nH]c3cccc(OCc4ccccc4)c23)C=NC1C(=O)OC(C)C. The van der Waals surface area contributed by atoms with Crippen LogP contribution < -0.4 is 4.74 Å². The van der Waals surface area contributed by atoms with Gasteiger partial charge in [0.05, 0.1) is 18.4 Å². The molecular weight excluding hydrogens is 380 g/mol. The molecule has 156 valence electrons. The Bertz CT molecular complexity index is 1060. The zero-order valence-electron chi connectivity index (χ0n) is 17.4. The summed E-state index contributed by atoms with van der Waals surface area (Å²) in [4.78, 5) is 20.6. The van der Waals surface area contributed by atoms with Gasteiger partial charge in [-0.1, -0.05) is 36.4 Å². The topological polar surface area (TPSA) is 72.9 Å². The Labute approximate surface area is 175 Å². The summed E-state index contributed by atoms with van der Waals surface area (Å²) in [5.74, 6) is 0.156. The maximum atomic E-state index is 12.7. The minimum Gasteiger partial charge on any atom is -0.488 e. The van der Waals surface area contributed by atoms with Gasteiger partial charge in [-0.3, -0.25) is 4.99 Å². The molecule has 2 aromatic carbocycles. The van der Waals surface area contributed by atoms with Crippen LogP contribution in [0, 0.1) is 0 Å². The van der Waals surface area contributed by atoms with Gasteiger partial charge in [-0.2, -0.15) is 0 Å². The fourth-order valence-electron chi connectivity index (χ4n) is 3.90. The molecule has 1 aliphatic rings. The molecule has 0 fully saturated rings. The molecule has 0 aliphatic carbocycles. The highest BCUT2D eigenvalue weighted by atomic mass is 16.5. The maximum absolute atomic E-state index is 12.7. The first kappa shape index (κ1) is 20.2. The van der Waals surface area contributed by atoms with Crippen LogP contribution in [0.15, 0.2) is 53.5 Å². The number of carbonyl (C=O) groups excluding carboxylic acids is 1. The molecule has 0 bridgehead atoms. The Morgan fingerprint density at radius 1 is 1.13 bits per heavy atom. The van der Waals surface area contributed by atoms with Gasteiger partial charge in [-0.05, 0) is 37.1 Å². The number of aromatic nitrogens is 1. The number of nitrogens with one attached hydrogen (secondary N) is 1. The van der Waals surface area contributed by atoms with Crippen LogP contribution in [-0.2, 0) is 20.9 Å². The standard InChI is InChI=1S/C24H26N2O4/c1-15(2)30-24(27)23-17(14-28-3)21-19(12-25-23)26-18-10-7-11-20(22(18)21)29-13-16-8-5-4-6-9-16/h4-12,15,17,23,26H,13-14H2,1-3H3. The summed E-state index contributed by atoms with van der Waals surface area (Å²) in [7, 11) is 1.63. The molecule has 3 aromatic rings. The lowest BCUT2D eigenvalue weighted by molar-refractivity contribution is -0.149. The molecule has 2 heterocycles. The van der Waals surface area contributed by atoms with Crippen molar-refractivity contribution in [1.29, 1.82) is 0 Å². The molecule has 0 radical (unpaired) electrons. The van der Waals surface area contributed by atoms with Crippen LogP contribution in [0.3, 0.4) is 0 Å². The molecule has 1 aromatic heterocycles. The van der Waals surface area contributed by atoms with Gasteiger partial charge in [0.2, 0.25) is 0 Å². The molecular formula is C24H26N2O4. The predicted molar refractivity (Wildman–Crippen MR) is 116 cm³/mol. The number of aliphatic imine (C=N–C) groups is 1. The van der Waals surface area contributed by atoms with Gasteiger partial charge in [-0.15, -0.1) is 0 Å². The number of esters is 1. The molecule has 0 amide bonds. The van der Waals surface area contributed by atoms with E-state index in [0.717, 1.165) is 33.5 Å². The third-order valence-corrected chi connectivity index (χ3v) is 5.15. The van der Waals surface area contributed by atoms with Crippen LogP contribution in [0.1, 0.15) is 36.6 Å². The highest BCUT2D eigenvalue weighted by Crippen LogP contribution is 2.40. The number of aromatic amines is 1. The summed E-state index contributed by atoms with van der Waals surface area (Å²) in [6.45, 7) is 4.48. The van der Waals surface area contributed by atoms with Crippen molar-refractivity contribution in [3.05, 3.63) is 65.4 Å². The van der Waals surface area contributed by atoms with Crippen LogP contribution in [0.4, 0.5) is 0 Å². The lowest BCUT2D eigenvalue weighted by Crippen LogP contribution is -2.35. The molecule has 1 N–H and O–H groups in total. The zero-order valence-corrected chi connectivity index (χ0v) is 17.4. The highest BCUT2D eigenvalue weighted by molar-refractivity contribution is 6.00. The quantitative estimate of drug-likeness (QED) is 0.596. The van der Waals surface area contributed by atoms with Gasteiger partial charge in [0, 0.05) is 30.1 Å². The molecule has 6 heteroatoms. The van der Waals surface area contributed by atoms with Crippen molar-refractivity contribution in [2.75, 3.05) is 13.7 Å². The Hall–Kier alpha value is -3.12. The van der Waals surface area contributed by atoms with E-state index in [-0.39, 0.29) is 18.0 Å². The van der Waals surface area contributed by atoms with E-state index in [9.17, 15) is 4.79 Å². The summed E-state index contributed by atoms with van der Waals surface area (Å²) in [5.41, 5.74) is 3.89. The number of hydrogen-bond acceptors (Lipinski definition) is 5. The molecule has 0 spiro atoms. The van der Waals surface area contributed by atoms with Gasteiger partial charge in [-0.25, -0.2) is 4.79 Å². The molecule has 0 saturated carbocycles. The lowest BCUT2D eigenvalue weighted by Gasteiger charge is -2.26. The average Bonchev–Trinajstić information content (AvgIpc) is 3.12. The van der Waals surface area contributed by atoms with E-state index in [0.29, 0.717) is 13.2 Å². The second-order valence-corrected chi connectivity index (χ2v) is 7.68. The van der Waals surface area contributed by atoms with Crippen molar-refractivity contribution in [2.24, 2.45) is 4.99 Å². The fourth-order valence-corrected chi connectivity index (χ4v) is 3.90. The zero-order chi connectivity index (χ0) is 21.1. The molecule has 2 atom stereocenters. The largest absolute Gasteiger partial charge is 0.488 e. The monoisotopic (exact) mass is 406 g/mol. The number of methoxy groups -OCH3 is 1. The van der Waals surface area contributed by atoms with E-state index in [4.69, 9.17) is 14.2 Å². The number of hydrogen-bond donors (Lipinski definition) is 1. The minimum absolute atomic E-state index is 0.204. The van der Waals surface area contributed by atoms with Gasteiger partial charge >= 0.3 is 5.97 Å². The minimum atomic E-state index is -0.652. The average molecular weight is 406 g/mol. The van der Waals surface area contributed by atoms with Crippen LogP contribution in [-0.4, -0.2) is 43.0 Å². The summed E-state index contributed by atoms with van der Waals surface area (Å²) in [6.07, 6.45) is 1.51. The molecule has 0 saturated heterocycles. The highest BCUT2D eigenvalue weighted by Gasteiger charge is 2.37. The van der Waals surface area contributed by atoms with Gasteiger partial charge in [0.15, 0.2) is 6.04 Å². The van der Waals surface area contributed by atoms with Crippen LogP contribution in [0.2, 0.25) is 0 Å². The van der Waals surface area contributed by atoms with Crippen molar-refractivity contribution < 1.29 is 19.0 Å². The van der Waals surface area contributed by atoms with E-state index < -0.39 is 6.04 Å². The summed E-state index contributed by atoms with van der Waals surface area (Å²) in [5, 5.41) is 0.957. The number of benzene rings is 2. The van der Waals surface area contributed by atoms with E-state index in [1.807, 2.05) is 62.4 Å². The van der Waals surface area contributed by atoms with Gasteiger partial charge in [0.1, 0.15) is 12.4 Å². The fraction of sp³-hybridized carbons (Fsp3) is 0.333. The van der Waals surface area contributed by atoms with Gasteiger partial charge < -0.3 is 19.2 Å². The Kier molecular flexibility index (Phi) is 5.86. The number of ether oxygens (including phenoxy) is 3. The van der Waals surface area contributed by atoms with Gasteiger partial charge in [0.25, 0.3) is 0 Å². The van der Waals surface area contributed by atoms with E-state index in [1.54, 1.807) is 13.3 Å². The number of rotatable bonds is 7. The maximum Gasteiger partial charge on any atom is 0.331 e. The summed E-state index contributed by atoms with van der Waals surface area (Å²) < 4.78 is 17.1. The third-order valence-electron chi connectivity index (χ3n) is 5.15. The molecule has 30 heavy (non-hydrogen) atoms. The smallest absolute Gasteiger partial charge is 0.331 e. The second-order valence-electron chi connectivity index (χ2n) is 7.68. The summed E-state index contributed by atoms with van der Waals surface area (Å²) in [6, 6.07) is 15.3. The lowest BCUT2D eigenvalue weighted by atomic mass is 9.87. The summed E-state index contributed by atoms with van der Waals surface area (Å²) >= 11 is 0. The van der Waals surface area contributed by atoms with Crippen molar-refractivity contribution in [3.63, 3.8) is 0 Å². The third kappa shape index (κ3) is 3.96. The number of nitrogens with zero attached hydrogens (tertiary/aromatic N) is 1. The van der Waals surface area contributed by atoms with Crippen molar-refractivity contribution in [3.8, 4) is 5.75 Å². The molecule has 2 unspecified atom stereocenters. The number of H-pyrrole nitrogens is 1. The Balaban J connectivity index is 1.73. The molecule has 4 rings (SSSR count). The van der Waals surface area contributed by atoms with Crippen molar-refractivity contribution in [2.45, 2.75) is 38.5 Å². The predicted octanol–water partition coefficient (Wildman–Crippen LogP) is 4.23. The van der Waals surface area contributed by atoms with E-state index >= 15 is 0 Å². The van der Waals surface area contributed by atoms with Crippen molar-refractivity contribution >= 4 is 23.1 Å². The van der Waals surface area contributed by atoms with E-state index in [1.165, 1.54) is 0 Å². The van der Waals surface area contributed by atoms with Crippen LogP contribution in [0.25, 0.3) is 10.9 Å². The normalized spacial score (nSPS) is 17.9. The Morgan fingerprint density at radius 3 is 2.67 bits per heavy atom. The number of fused-ring (bicyclic) bond motifs is 3. The van der Waals surface area contributed by atoms with E-state index in [2.05, 4.69) is 9.98 Å². The van der Waals surface area contributed by atoms with Crippen LogP contribution >= 0.6 is 0 Å².